The Morgan fingerprint density at radius 2 is 0.865 bits per heavy atom. The van der Waals surface area contributed by atoms with Gasteiger partial charge in [0, 0.05) is 12.8 Å². The van der Waals surface area contributed by atoms with Crippen LogP contribution in [0.2, 0.25) is 0 Å². The zero-order valence-electron chi connectivity index (χ0n) is 48.1. The van der Waals surface area contributed by atoms with E-state index in [4.69, 9.17) is 14.2 Å². The molecule has 0 spiro atoms. The van der Waals surface area contributed by atoms with Crippen LogP contribution in [0.1, 0.15) is 303 Å². The van der Waals surface area contributed by atoms with E-state index < -0.39 is 49.5 Å². The first-order chi connectivity index (χ1) is 36.2. The van der Waals surface area contributed by atoms with Crippen molar-refractivity contribution >= 4 is 11.9 Å². The predicted octanol–water partition coefficient (Wildman–Crippen LogP) is 14.9. The molecule has 0 aliphatic carbocycles. The number of unbranched alkanes of at least 4 members (excludes halogenated alkanes) is 39. The number of aliphatic hydroxyl groups is 5. The summed E-state index contributed by atoms with van der Waals surface area (Å²) in [5, 5.41) is 54.3. The molecular weight excluding hydrogens is 931 g/mol. The number of carbonyl (C=O) groups is 2. The van der Waals surface area contributed by atoms with Crippen LogP contribution in [0, 0.1) is 0 Å². The van der Waals surface area contributed by atoms with E-state index in [0.717, 1.165) is 64.2 Å². The van der Waals surface area contributed by atoms with Crippen molar-refractivity contribution in [3.05, 3.63) is 24.3 Å². The van der Waals surface area contributed by atoms with E-state index in [-0.39, 0.29) is 18.5 Å². The lowest BCUT2D eigenvalue weighted by Gasteiger charge is -2.40. The van der Waals surface area contributed by atoms with Crippen molar-refractivity contribution in [1.82, 2.24) is 5.32 Å². The molecule has 1 saturated heterocycles. The van der Waals surface area contributed by atoms with Crippen molar-refractivity contribution in [2.75, 3.05) is 19.8 Å². The van der Waals surface area contributed by atoms with Gasteiger partial charge in [-0.3, -0.25) is 9.59 Å². The first kappa shape index (κ1) is 70.2. The summed E-state index contributed by atoms with van der Waals surface area (Å²) < 4.78 is 16.7. The smallest absolute Gasteiger partial charge is 0.305 e. The number of hydrogen-bond donors (Lipinski definition) is 6. The fourth-order valence-corrected chi connectivity index (χ4v) is 10.0. The molecule has 1 rings (SSSR count). The van der Waals surface area contributed by atoms with Crippen LogP contribution in [0.3, 0.4) is 0 Å². The van der Waals surface area contributed by atoms with Crippen molar-refractivity contribution in [3.63, 3.8) is 0 Å². The molecule has 0 aromatic carbocycles. The van der Waals surface area contributed by atoms with Gasteiger partial charge in [-0.15, -0.1) is 0 Å². The average Bonchev–Trinajstić information content (AvgIpc) is 3.40. The van der Waals surface area contributed by atoms with Crippen LogP contribution in [0.5, 0.6) is 0 Å². The topological polar surface area (TPSA) is 175 Å². The minimum Gasteiger partial charge on any atom is -0.466 e. The summed E-state index contributed by atoms with van der Waals surface area (Å²) in [6.07, 6.45) is 54.3. The SMILES string of the molecule is CCCCCCCCCCC/C=C/C(O)C(COC1OC(CO)C(O)C(O)C1O)NC(=O)CCCCCCCCCC/C=C\CCCCCCCCCCCCCCOC(=O)CCCCCCCCCCCCC. The lowest BCUT2D eigenvalue weighted by Crippen LogP contribution is -2.60. The highest BCUT2D eigenvalue weighted by Gasteiger charge is 2.44. The van der Waals surface area contributed by atoms with Gasteiger partial charge in [-0.1, -0.05) is 256 Å². The van der Waals surface area contributed by atoms with Crippen molar-refractivity contribution in [2.24, 2.45) is 0 Å². The minimum atomic E-state index is -1.57. The van der Waals surface area contributed by atoms with Gasteiger partial charge >= 0.3 is 5.97 Å². The molecule has 0 aromatic rings. The molecule has 1 aliphatic rings. The molecule has 11 nitrogen and oxygen atoms in total. The summed E-state index contributed by atoms with van der Waals surface area (Å²) in [6.45, 7) is 4.34. The summed E-state index contributed by atoms with van der Waals surface area (Å²) in [6, 6.07) is -0.812. The molecule has 0 aromatic heterocycles. The fraction of sp³-hybridized carbons (Fsp3) is 0.905. The minimum absolute atomic E-state index is 0.00123. The number of rotatable bonds is 55. The molecule has 0 radical (unpaired) electrons. The molecule has 0 saturated carbocycles. The molecule has 1 heterocycles. The van der Waals surface area contributed by atoms with Gasteiger partial charge in [-0.25, -0.2) is 0 Å². The third kappa shape index (κ3) is 42.2. The van der Waals surface area contributed by atoms with Gasteiger partial charge in [-0.2, -0.15) is 0 Å². The molecule has 74 heavy (non-hydrogen) atoms. The van der Waals surface area contributed by atoms with E-state index in [9.17, 15) is 35.1 Å². The number of aliphatic hydroxyl groups excluding tert-OH is 5. The van der Waals surface area contributed by atoms with E-state index in [1.165, 1.54) is 212 Å². The van der Waals surface area contributed by atoms with Gasteiger partial charge in [0.05, 0.1) is 32.0 Å². The number of hydrogen-bond acceptors (Lipinski definition) is 10. The number of ether oxygens (including phenoxy) is 3. The van der Waals surface area contributed by atoms with E-state index >= 15 is 0 Å². The highest BCUT2D eigenvalue weighted by molar-refractivity contribution is 5.76. The van der Waals surface area contributed by atoms with Gasteiger partial charge in [0.1, 0.15) is 24.4 Å². The molecule has 1 amide bonds. The number of carbonyl (C=O) groups excluding carboxylic acids is 2. The standard InChI is InChI=1S/C63H119NO10/c1-3-5-7-9-11-13-29-33-37-41-45-49-56(66)55(54-73-63-62(71)61(70)60(69)57(53-65)74-63)64-58(67)50-46-42-38-34-31-27-25-23-21-19-17-15-16-18-20-22-24-26-28-32-36-40-44-48-52-72-59(68)51-47-43-39-35-30-14-12-10-8-6-4-2/h17,19,45,49,55-57,60-63,65-66,69-71H,3-16,18,20-44,46-48,50-54H2,1-2H3,(H,64,67)/b19-17-,49-45+. The van der Waals surface area contributed by atoms with Crippen LogP contribution in [0.25, 0.3) is 0 Å². The lowest BCUT2D eigenvalue weighted by atomic mass is 9.99. The molecule has 7 atom stereocenters. The normalized spacial score (nSPS) is 18.9. The van der Waals surface area contributed by atoms with Crippen LogP contribution >= 0.6 is 0 Å². The van der Waals surface area contributed by atoms with Crippen LogP contribution in [-0.2, 0) is 23.8 Å². The van der Waals surface area contributed by atoms with Crippen LogP contribution in [-0.4, -0.2) is 100 Å². The lowest BCUT2D eigenvalue weighted by molar-refractivity contribution is -0.302. The van der Waals surface area contributed by atoms with Crippen molar-refractivity contribution in [2.45, 2.75) is 346 Å². The third-order valence-electron chi connectivity index (χ3n) is 15.1. The number of esters is 1. The van der Waals surface area contributed by atoms with Crippen LogP contribution in [0.15, 0.2) is 24.3 Å². The van der Waals surface area contributed by atoms with Crippen LogP contribution in [0.4, 0.5) is 0 Å². The molecule has 7 unspecified atom stereocenters. The quantitative estimate of drug-likeness (QED) is 0.0195. The van der Waals surface area contributed by atoms with Crippen molar-refractivity contribution in [1.29, 1.82) is 0 Å². The van der Waals surface area contributed by atoms with Crippen molar-refractivity contribution in [3.8, 4) is 0 Å². The average molecular weight is 1050 g/mol. The maximum absolute atomic E-state index is 13.0. The van der Waals surface area contributed by atoms with Crippen LogP contribution < -0.4 is 5.32 Å². The highest BCUT2D eigenvalue weighted by Crippen LogP contribution is 2.23. The Labute approximate surface area is 454 Å². The predicted molar refractivity (Wildman–Crippen MR) is 306 cm³/mol. The summed E-state index contributed by atoms with van der Waals surface area (Å²) in [5.41, 5.74) is 0. The second kappa shape index (κ2) is 53.2. The Bertz CT molecular complexity index is 1280. The Morgan fingerprint density at radius 1 is 0.486 bits per heavy atom. The monoisotopic (exact) mass is 1050 g/mol. The molecule has 0 bridgehead atoms. The van der Waals surface area contributed by atoms with Gasteiger partial charge in [0.25, 0.3) is 0 Å². The first-order valence-corrected chi connectivity index (χ1v) is 31.6. The first-order valence-electron chi connectivity index (χ1n) is 31.6. The molecule has 1 fully saturated rings. The molecule has 11 heteroatoms. The van der Waals surface area contributed by atoms with Gasteiger partial charge in [0.15, 0.2) is 6.29 Å². The summed E-state index contributed by atoms with van der Waals surface area (Å²) in [5.74, 6) is -0.185. The molecule has 1 aliphatic heterocycles. The Hall–Kier alpha value is -1.86. The van der Waals surface area contributed by atoms with Gasteiger partial charge in [0.2, 0.25) is 5.91 Å². The molecular formula is C63H119NO10. The van der Waals surface area contributed by atoms with Gasteiger partial charge < -0.3 is 45.1 Å². The summed E-state index contributed by atoms with van der Waals surface area (Å²) in [4.78, 5) is 25.0. The maximum Gasteiger partial charge on any atom is 0.305 e. The van der Waals surface area contributed by atoms with E-state index in [2.05, 4.69) is 31.3 Å². The Kier molecular flexibility index (Phi) is 50.4. The largest absolute Gasteiger partial charge is 0.466 e. The summed E-state index contributed by atoms with van der Waals surface area (Å²) >= 11 is 0. The maximum atomic E-state index is 13.0. The van der Waals surface area contributed by atoms with Gasteiger partial charge in [-0.05, 0) is 57.8 Å². The number of amides is 1. The summed E-state index contributed by atoms with van der Waals surface area (Å²) in [7, 11) is 0. The highest BCUT2D eigenvalue weighted by atomic mass is 16.7. The Morgan fingerprint density at radius 3 is 1.30 bits per heavy atom. The number of nitrogens with one attached hydrogen (secondary N) is 1. The fourth-order valence-electron chi connectivity index (χ4n) is 10.0. The number of allylic oxidation sites excluding steroid dienone is 3. The van der Waals surface area contributed by atoms with E-state index in [0.29, 0.717) is 19.4 Å². The molecule has 436 valence electrons. The van der Waals surface area contributed by atoms with Crippen molar-refractivity contribution < 1.29 is 49.3 Å². The second-order valence-electron chi connectivity index (χ2n) is 22.1. The van der Waals surface area contributed by atoms with E-state index in [1.807, 2.05) is 6.08 Å². The third-order valence-corrected chi connectivity index (χ3v) is 15.1. The zero-order valence-corrected chi connectivity index (χ0v) is 48.1. The second-order valence-corrected chi connectivity index (χ2v) is 22.1. The zero-order chi connectivity index (χ0) is 53.8. The Balaban J connectivity index is 2.02. The van der Waals surface area contributed by atoms with E-state index in [1.54, 1.807) is 6.08 Å². The molecule has 6 N–H and O–H groups in total.